The molecule has 0 unspecified atom stereocenters. The molecule has 1 spiro atoms. The van der Waals surface area contributed by atoms with Crippen LogP contribution in [0.4, 0.5) is 0 Å². The van der Waals surface area contributed by atoms with Gasteiger partial charge in [0.15, 0.2) is 5.79 Å². The van der Waals surface area contributed by atoms with E-state index >= 15 is 0 Å². The zero-order valence-electron chi connectivity index (χ0n) is 10.1. The molecule has 0 amide bonds. The average Bonchev–Trinajstić information content (AvgIpc) is 3.05. The van der Waals surface area contributed by atoms with Gasteiger partial charge in [-0.1, -0.05) is 6.42 Å². The highest BCUT2D eigenvalue weighted by molar-refractivity contribution is 4.95. The summed E-state index contributed by atoms with van der Waals surface area (Å²) < 4.78 is 23.4. The maximum atomic E-state index is 6.19. The fraction of sp³-hybridized carbons (Fsp3) is 1.00. The van der Waals surface area contributed by atoms with Gasteiger partial charge in [-0.15, -0.1) is 0 Å². The summed E-state index contributed by atoms with van der Waals surface area (Å²) in [6.45, 7) is 1.43. The van der Waals surface area contributed by atoms with Crippen LogP contribution in [-0.2, 0) is 18.9 Å². The Morgan fingerprint density at radius 3 is 2.53 bits per heavy atom. The first-order valence-corrected chi connectivity index (χ1v) is 6.94. The van der Waals surface area contributed by atoms with E-state index in [0.717, 1.165) is 25.9 Å². The van der Waals surface area contributed by atoms with E-state index in [1.165, 1.54) is 19.3 Å². The van der Waals surface area contributed by atoms with E-state index in [4.69, 9.17) is 18.9 Å². The SMILES string of the molecule is C1CCC2(CC1)OC[C@H]([C@@H]1C[C@H]3O[C@H]3CO1)O2. The zero-order chi connectivity index (χ0) is 11.3. The molecule has 3 heterocycles. The molecule has 3 aliphatic heterocycles. The summed E-state index contributed by atoms with van der Waals surface area (Å²) in [5, 5.41) is 0. The van der Waals surface area contributed by atoms with Crippen molar-refractivity contribution in [2.24, 2.45) is 0 Å². The Morgan fingerprint density at radius 2 is 1.71 bits per heavy atom. The van der Waals surface area contributed by atoms with E-state index in [1.807, 2.05) is 0 Å². The summed E-state index contributed by atoms with van der Waals surface area (Å²) in [4.78, 5) is 0. The lowest BCUT2D eigenvalue weighted by atomic mass is 9.94. The molecular weight excluding hydrogens is 220 g/mol. The lowest BCUT2D eigenvalue weighted by Crippen LogP contribution is -2.39. The van der Waals surface area contributed by atoms with E-state index < -0.39 is 0 Å². The van der Waals surface area contributed by atoms with Crippen molar-refractivity contribution >= 4 is 0 Å². The molecule has 1 aliphatic carbocycles. The summed E-state index contributed by atoms with van der Waals surface area (Å²) in [5.41, 5.74) is 0. The molecule has 0 aromatic heterocycles. The largest absolute Gasteiger partial charge is 0.373 e. The van der Waals surface area contributed by atoms with Gasteiger partial charge in [-0.25, -0.2) is 0 Å². The second-order valence-electron chi connectivity index (χ2n) is 5.76. The van der Waals surface area contributed by atoms with Crippen LogP contribution in [0, 0.1) is 0 Å². The van der Waals surface area contributed by atoms with Gasteiger partial charge in [-0.05, 0) is 12.8 Å². The molecule has 96 valence electrons. The Kier molecular flexibility index (Phi) is 2.47. The third kappa shape index (κ3) is 1.91. The molecule has 3 saturated heterocycles. The highest BCUT2D eigenvalue weighted by Crippen LogP contribution is 2.41. The fourth-order valence-electron chi connectivity index (χ4n) is 3.42. The lowest BCUT2D eigenvalue weighted by molar-refractivity contribution is -0.200. The van der Waals surface area contributed by atoms with Crippen molar-refractivity contribution in [3.05, 3.63) is 0 Å². The Bertz CT molecular complexity index is 300. The average molecular weight is 240 g/mol. The van der Waals surface area contributed by atoms with Gasteiger partial charge in [0.1, 0.15) is 12.2 Å². The maximum Gasteiger partial charge on any atom is 0.169 e. The molecule has 4 heteroatoms. The number of hydrogen-bond acceptors (Lipinski definition) is 4. The molecule has 4 fully saturated rings. The van der Waals surface area contributed by atoms with Crippen LogP contribution in [-0.4, -0.2) is 43.4 Å². The normalized spacial score (nSPS) is 48.0. The Morgan fingerprint density at radius 1 is 0.824 bits per heavy atom. The van der Waals surface area contributed by atoms with Gasteiger partial charge in [-0.2, -0.15) is 0 Å². The molecule has 1 saturated carbocycles. The molecule has 17 heavy (non-hydrogen) atoms. The number of epoxide rings is 1. The molecule has 0 bridgehead atoms. The van der Waals surface area contributed by atoms with Crippen LogP contribution in [0.3, 0.4) is 0 Å². The number of fused-ring (bicyclic) bond motifs is 1. The monoisotopic (exact) mass is 240 g/mol. The maximum absolute atomic E-state index is 6.19. The molecule has 0 N–H and O–H groups in total. The number of ether oxygens (including phenoxy) is 4. The molecule has 0 aromatic carbocycles. The van der Waals surface area contributed by atoms with Crippen molar-refractivity contribution in [2.45, 2.75) is 68.7 Å². The topological polar surface area (TPSA) is 40.2 Å². The summed E-state index contributed by atoms with van der Waals surface area (Å²) in [7, 11) is 0. The summed E-state index contributed by atoms with van der Waals surface area (Å²) in [5.74, 6) is -0.270. The summed E-state index contributed by atoms with van der Waals surface area (Å²) >= 11 is 0. The van der Waals surface area contributed by atoms with Crippen molar-refractivity contribution < 1.29 is 18.9 Å². The molecule has 4 atom stereocenters. The van der Waals surface area contributed by atoms with Gasteiger partial charge in [0.25, 0.3) is 0 Å². The minimum atomic E-state index is -0.270. The first kappa shape index (κ1) is 10.7. The molecule has 4 nitrogen and oxygen atoms in total. The van der Waals surface area contributed by atoms with Crippen LogP contribution in [0.15, 0.2) is 0 Å². The first-order valence-electron chi connectivity index (χ1n) is 6.94. The fourth-order valence-corrected chi connectivity index (χ4v) is 3.42. The molecule has 4 rings (SSSR count). The molecule has 0 aromatic rings. The van der Waals surface area contributed by atoms with Crippen LogP contribution in [0.5, 0.6) is 0 Å². The first-order chi connectivity index (χ1) is 8.35. The molecule has 0 radical (unpaired) electrons. The van der Waals surface area contributed by atoms with Gasteiger partial charge in [0.2, 0.25) is 0 Å². The van der Waals surface area contributed by atoms with Gasteiger partial charge in [0, 0.05) is 19.3 Å². The van der Waals surface area contributed by atoms with Gasteiger partial charge < -0.3 is 18.9 Å². The summed E-state index contributed by atoms with van der Waals surface area (Å²) in [6.07, 6.45) is 7.97. The highest BCUT2D eigenvalue weighted by atomic mass is 16.8. The number of rotatable bonds is 1. The van der Waals surface area contributed by atoms with Gasteiger partial charge in [0.05, 0.1) is 25.4 Å². The number of hydrogen-bond donors (Lipinski definition) is 0. The van der Waals surface area contributed by atoms with Crippen LogP contribution in [0.1, 0.15) is 38.5 Å². The third-order valence-corrected chi connectivity index (χ3v) is 4.53. The van der Waals surface area contributed by atoms with Crippen molar-refractivity contribution in [3.8, 4) is 0 Å². The minimum absolute atomic E-state index is 0.123. The van der Waals surface area contributed by atoms with Crippen LogP contribution in [0.2, 0.25) is 0 Å². The van der Waals surface area contributed by atoms with E-state index in [2.05, 4.69) is 0 Å². The second-order valence-corrected chi connectivity index (χ2v) is 5.76. The van der Waals surface area contributed by atoms with Crippen LogP contribution < -0.4 is 0 Å². The van der Waals surface area contributed by atoms with Crippen LogP contribution in [0.25, 0.3) is 0 Å². The smallest absolute Gasteiger partial charge is 0.169 e. The standard InChI is InChI=1S/C13H20O4/c1-2-4-13(5-3-1)15-8-12(17-13)9-6-10-11(16-10)7-14-9/h9-12H,1-8H2/t9-,10+,11-,12+/m0/s1. The predicted molar refractivity (Wildman–Crippen MR) is 59.7 cm³/mol. The van der Waals surface area contributed by atoms with Crippen LogP contribution >= 0.6 is 0 Å². The van der Waals surface area contributed by atoms with E-state index in [-0.39, 0.29) is 18.0 Å². The van der Waals surface area contributed by atoms with Crippen molar-refractivity contribution in [1.82, 2.24) is 0 Å². The van der Waals surface area contributed by atoms with E-state index in [1.54, 1.807) is 0 Å². The van der Waals surface area contributed by atoms with E-state index in [9.17, 15) is 0 Å². The zero-order valence-corrected chi connectivity index (χ0v) is 10.1. The van der Waals surface area contributed by atoms with Crippen molar-refractivity contribution in [1.29, 1.82) is 0 Å². The van der Waals surface area contributed by atoms with Crippen molar-refractivity contribution in [2.75, 3.05) is 13.2 Å². The van der Waals surface area contributed by atoms with Gasteiger partial charge >= 0.3 is 0 Å². The van der Waals surface area contributed by atoms with Gasteiger partial charge in [-0.3, -0.25) is 0 Å². The Labute approximate surface area is 102 Å². The predicted octanol–water partition coefficient (Wildman–Crippen LogP) is 1.62. The summed E-state index contributed by atoms with van der Waals surface area (Å²) in [6, 6.07) is 0. The quantitative estimate of drug-likeness (QED) is 0.653. The van der Waals surface area contributed by atoms with E-state index in [0.29, 0.717) is 18.8 Å². The Hall–Kier alpha value is -0.160. The lowest BCUT2D eigenvalue weighted by Gasteiger charge is -2.33. The molecule has 4 aliphatic rings. The Balaban J connectivity index is 1.39. The highest BCUT2D eigenvalue weighted by Gasteiger charge is 2.51. The minimum Gasteiger partial charge on any atom is -0.373 e. The third-order valence-electron chi connectivity index (χ3n) is 4.53. The van der Waals surface area contributed by atoms with Crippen molar-refractivity contribution in [3.63, 3.8) is 0 Å². The molecular formula is C13H20O4. The second kappa shape index (κ2) is 3.92.